The highest BCUT2D eigenvalue weighted by Gasteiger charge is 2.37. The molecule has 4 heterocycles. The van der Waals surface area contributed by atoms with E-state index in [1.54, 1.807) is 11.3 Å². The molecular formula is C23H26N4OS2. The fraction of sp³-hybridized carbons (Fsp3) is 0.391. The van der Waals surface area contributed by atoms with Crippen molar-refractivity contribution in [2.24, 2.45) is 5.41 Å². The number of carbonyl (C=O) groups excluding carboxylic acids is 1. The SMILES string of the molecule is O=C(Nc1ccccc1N1CCCC2(CCNCC2)C1)c1csc(-c2cccs2)n1. The molecule has 2 aromatic heterocycles. The van der Waals surface area contributed by atoms with Crippen molar-refractivity contribution in [1.82, 2.24) is 10.3 Å². The van der Waals surface area contributed by atoms with Crippen LogP contribution < -0.4 is 15.5 Å². The predicted octanol–water partition coefficient (Wildman–Crippen LogP) is 5.09. The molecule has 0 bridgehead atoms. The molecule has 30 heavy (non-hydrogen) atoms. The monoisotopic (exact) mass is 438 g/mol. The van der Waals surface area contributed by atoms with Gasteiger partial charge in [0.15, 0.2) is 0 Å². The number of piperidine rings is 2. The summed E-state index contributed by atoms with van der Waals surface area (Å²) in [7, 11) is 0. The van der Waals surface area contributed by atoms with Crippen LogP contribution in [0.15, 0.2) is 47.2 Å². The quantitative estimate of drug-likeness (QED) is 0.595. The van der Waals surface area contributed by atoms with Crippen molar-refractivity contribution in [2.45, 2.75) is 25.7 Å². The van der Waals surface area contributed by atoms with Gasteiger partial charge in [0, 0.05) is 18.5 Å². The second kappa shape index (κ2) is 8.49. The Morgan fingerprint density at radius 1 is 1.10 bits per heavy atom. The van der Waals surface area contributed by atoms with E-state index in [9.17, 15) is 4.79 Å². The molecule has 2 aliphatic rings. The Kier molecular flexibility index (Phi) is 5.58. The summed E-state index contributed by atoms with van der Waals surface area (Å²) in [4.78, 5) is 21.1. The van der Waals surface area contributed by atoms with Crippen LogP contribution in [-0.4, -0.2) is 37.1 Å². The number of aromatic nitrogens is 1. The van der Waals surface area contributed by atoms with Gasteiger partial charge in [-0.15, -0.1) is 22.7 Å². The van der Waals surface area contributed by atoms with Gasteiger partial charge in [-0.1, -0.05) is 18.2 Å². The molecule has 2 fully saturated rings. The van der Waals surface area contributed by atoms with E-state index >= 15 is 0 Å². The lowest BCUT2D eigenvalue weighted by atomic mass is 9.73. The number of hydrogen-bond donors (Lipinski definition) is 2. The minimum Gasteiger partial charge on any atom is -0.369 e. The molecule has 1 aromatic carbocycles. The van der Waals surface area contributed by atoms with Crippen molar-refractivity contribution in [3.63, 3.8) is 0 Å². The lowest BCUT2D eigenvalue weighted by Gasteiger charge is -2.46. The van der Waals surface area contributed by atoms with Crippen molar-refractivity contribution in [1.29, 1.82) is 0 Å². The number of hydrogen-bond acceptors (Lipinski definition) is 6. The smallest absolute Gasteiger partial charge is 0.275 e. The van der Waals surface area contributed by atoms with Gasteiger partial charge in [-0.25, -0.2) is 4.98 Å². The molecule has 5 rings (SSSR count). The second-order valence-corrected chi connectivity index (χ2v) is 10.1. The molecule has 7 heteroatoms. The molecule has 156 valence electrons. The van der Waals surface area contributed by atoms with Gasteiger partial charge >= 0.3 is 0 Å². The number of nitrogens with one attached hydrogen (secondary N) is 2. The fourth-order valence-corrected chi connectivity index (χ4v) is 6.33. The Morgan fingerprint density at radius 3 is 2.80 bits per heavy atom. The zero-order valence-corrected chi connectivity index (χ0v) is 18.5. The molecular weight excluding hydrogens is 412 g/mol. The average Bonchev–Trinajstić information content (AvgIpc) is 3.47. The normalized spacial score (nSPS) is 18.5. The molecule has 2 saturated heterocycles. The van der Waals surface area contributed by atoms with Gasteiger partial charge in [0.2, 0.25) is 0 Å². The van der Waals surface area contributed by atoms with Crippen LogP contribution in [0.2, 0.25) is 0 Å². The Balaban J connectivity index is 1.34. The zero-order valence-electron chi connectivity index (χ0n) is 16.9. The third kappa shape index (κ3) is 4.02. The number of anilines is 2. The molecule has 1 spiro atoms. The van der Waals surface area contributed by atoms with Crippen LogP contribution in [0.4, 0.5) is 11.4 Å². The van der Waals surface area contributed by atoms with E-state index in [4.69, 9.17) is 0 Å². The van der Waals surface area contributed by atoms with Gasteiger partial charge in [0.05, 0.1) is 16.3 Å². The van der Waals surface area contributed by atoms with Gasteiger partial charge < -0.3 is 15.5 Å². The summed E-state index contributed by atoms with van der Waals surface area (Å²) in [6.45, 7) is 4.34. The largest absolute Gasteiger partial charge is 0.369 e. The number of thiazole rings is 1. The molecule has 0 aliphatic carbocycles. The Labute approximate surface area is 185 Å². The summed E-state index contributed by atoms with van der Waals surface area (Å²) in [6.07, 6.45) is 4.99. The standard InChI is InChI=1S/C23H26N4OS2/c28-21(18-15-30-22(26-18)20-7-3-14-29-20)25-17-5-1-2-6-19(17)27-13-4-8-23(16-27)9-11-24-12-10-23/h1-3,5-7,14-15,24H,4,8-13,16H2,(H,25,28). The lowest BCUT2D eigenvalue weighted by Crippen LogP contribution is -2.48. The maximum absolute atomic E-state index is 12.9. The Hall–Kier alpha value is -2.22. The summed E-state index contributed by atoms with van der Waals surface area (Å²) >= 11 is 3.16. The van der Waals surface area contributed by atoms with Crippen LogP contribution in [0.5, 0.6) is 0 Å². The molecule has 0 saturated carbocycles. The summed E-state index contributed by atoms with van der Waals surface area (Å²) in [5.41, 5.74) is 2.88. The summed E-state index contributed by atoms with van der Waals surface area (Å²) < 4.78 is 0. The maximum Gasteiger partial charge on any atom is 0.275 e. The number of amides is 1. The predicted molar refractivity (Wildman–Crippen MR) is 126 cm³/mol. The van der Waals surface area contributed by atoms with E-state index in [0.717, 1.165) is 47.4 Å². The van der Waals surface area contributed by atoms with Crippen molar-refractivity contribution in [3.8, 4) is 9.88 Å². The van der Waals surface area contributed by atoms with E-state index in [2.05, 4.69) is 32.7 Å². The third-order valence-corrected chi connectivity index (χ3v) is 8.17. The van der Waals surface area contributed by atoms with Gasteiger partial charge in [-0.3, -0.25) is 4.79 Å². The van der Waals surface area contributed by atoms with Crippen LogP contribution in [0.25, 0.3) is 9.88 Å². The first-order valence-corrected chi connectivity index (χ1v) is 12.3. The minimum absolute atomic E-state index is 0.143. The lowest BCUT2D eigenvalue weighted by molar-refractivity contribution is 0.102. The van der Waals surface area contributed by atoms with Crippen LogP contribution in [0, 0.1) is 5.41 Å². The van der Waals surface area contributed by atoms with Crippen molar-refractivity contribution in [3.05, 3.63) is 52.9 Å². The Bertz CT molecular complexity index is 1000. The number of nitrogens with zero attached hydrogens (tertiary/aromatic N) is 2. The van der Waals surface area contributed by atoms with E-state index < -0.39 is 0 Å². The van der Waals surface area contributed by atoms with Crippen molar-refractivity contribution >= 4 is 40.0 Å². The molecule has 2 aliphatic heterocycles. The van der Waals surface area contributed by atoms with Gasteiger partial charge in [0.25, 0.3) is 5.91 Å². The topological polar surface area (TPSA) is 57.3 Å². The highest BCUT2D eigenvalue weighted by Crippen LogP contribution is 2.41. The van der Waals surface area contributed by atoms with Crippen LogP contribution in [0.3, 0.4) is 0 Å². The summed E-state index contributed by atoms with van der Waals surface area (Å²) in [5.74, 6) is -0.143. The molecule has 0 radical (unpaired) electrons. The highest BCUT2D eigenvalue weighted by atomic mass is 32.1. The summed E-state index contributed by atoms with van der Waals surface area (Å²) in [5, 5.41) is 11.4. The van der Waals surface area contributed by atoms with E-state index in [0.29, 0.717) is 11.1 Å². The number of carbonyl (C=O) groups is 1. The molecule has 3 aromatic rings. The van der Waals surface area contributed by atoms with Crippen LogP contribution in [-0.2, 0) is 0 Å². The number of benzene rings is 1. The van der Waals surface area contributed by atoms with E-state index in [1.807, 2.05) is 35.0 Å². The highest BCUT2D eigenvalue weighted by molar-refractivity contribution is 7.20. The maximum atomic E-state index is 12.9. The first-order chi connectivity index (χ1) is 14.7. The zero-order chi connectivity index (χ0) is 20.4. The average molecular weight is 439 g/mol. The van der Waals surface area contributed by atoms with Crippen molar-refractivity contribution < 1.29 is 4.79 Å². The van der Waals surface area contributed by atoms with Crippen LogP contribution >= 0.6 is 22.7 Å². The first-order valence-electron chi connectivity index (χ1n) is 10.6. The second-order valence-electron chi connectivity index (χ2n) is 8.26. The fourth-order valence-electron chi connectivity index (χ4n) is 4.71. The molecule has 2 N–H and O–H groups in total. The summed E-state index contributed by atoms with van der Waals surface area (Å²) in [6, 6.07) is 12.2. The molecule has 1 amide bonds. The third-order valence-electron chi connectivity index (χ3n) is 6.29. The van der Waals surface area contributed by atoms with Crippen molar-refractivity contribution in [2.75, 3.05) is 36.4 Å². The number of rotatable bonds is 4. The van der Waals surface area contributed by atoms with Gasteiger partial charge in [-0.05, 0) is 67.8 Å². The first kappa shape index (κ1) is 19.7. The van der Waals surface area contributed by atoms with Gasteiger partial charge in [0.1, 0.15) is 10.7 Å². The van der Waals surface area contributed by atoms with E-state index in [-0.39, 0.29) is 5.91 Å². The molecule has 0 atom stereocenters. The Morgan fingerprint density at radius 2 is 1.97 bits per heavy atom. The minimum atomic E-state index is -0.143. The molecule has 0 unspecified atom stereocenters. The van der Waals surface area contributed by atoms with Crippen LogP contribution in [0.1, 0.15) is 36.2 Å². The number of para-hydroxylation sites is 2. The number of thiophene rings is 1. The molecule has 5 nitrogen and oxygen atoms in total. The van der Waals surface area contributed by atoms with Gasteiger partial charge in [-0.2, -0.15) is 0 Å². The van der Waals surface area contributed by atoms with E-state index in [1.165, 1.54) is 37.0 Å².